The van der Waals surface area contributed by atoms with Gasteiger partial charge in [0.05, 0.1) is 0 Å². The maximum Gasteiger partial charge on any atom is 0.407 e. The maximum absolute atomic E-state index is 12.3. The molecular weight excluding hydrogens is 414 g/mol. The summed E-state index contributed by atoms with van der Waals surface area (Å²) in [6.45, 7) is 3.04. The number of thiophene rings is 1. The van der Waals surface area contributed by atoms with E-state index in [1.54, 1.807) is 11.3 Å². The van der Waals surface area contributed by atoms with Crippen LogP contribution in [0.4, 0.5) is 4.79 Å². The van der Waals surface area contributed by atoms with Gasteiger partial charge in [0.15, 0.2) is 0 Å². The van der Waals surface area contributed by atoms with Crippen molar-refractivity contribution < 1.29 is 9.53 Å². The van der Waals surface area contributed by atoms with Crippen molar-refractivity contribution in [1.29, 1.82) is 0 Å². The van der Waals surface area contributed by atoms with Crippen molar-refractivity contribution >= 4 is 23.5 Å². The predicted molar refractivity (Wildman–Crippen MR) is 134 cm³/mol. The van der Waals surface area contributed by atoms with Crippen molar-refractivity contribution in [2.75, 3.05) is 13.2 Å². The minimum Gasteiger partial charge on any atom is -0.449 e. The monoisotopic (exact) mass is 445 g/mol. The fraction of sp³-hybridized carbons (Fsp3) is 0.321. The van der Waals surface area contributed by atoms with Crippen LogP contribution in [0.3, 0.4) is 0 Å². The van der Waals surface area contributed by atoms with E-state index in [1.807, 2.05) is 18.2 Å². The molecule has 0 unspecified atom stereocenters. The summed E-state index contributed by atoms with van der Waals surface area (Å²) in [6.07, 6.45) is 9.97. The number of aryl methyl sites for hydroxylation is 1. The first-order valence-electron chi connectivity index (χ1n) is 11.6. The minimum atomic E-state index is -0.373. The summed E-state index contributed by atoms with van der Waals surface area (Å²) in [4.78, 5) is 13.6. The zero-order valence-electron chi connectivity index (χ0n) is 18.7. The zero-order chi connectivity index (χ0) is 22.2. The highest BCUT2D eigenvalue weighted by Gasteiger charge is 2.28. The first kappa shape index (κ1) is 22.3. The molecule has 0 saturated heterocycles. The van der Waals surface area contributed by atoms with E-state index in [4.69, 9.17) is 4.74 Å². The summed E-state index contributed by atoms with van der Waals surface area (Å²) in [7, 11) is 0. The highest BCUT2D eigenvalue weighted by molar-refractivity contribution is 7.11. The molecule has 1 aliphatic carbocycles. The maximum atomic E-state index is 12.3. The topological polar surface area (TPSA) is 38.3 Å². The van der Waals surface area contributed by atoms with E-state index < -0.39 is 0 Å². The summed E-state index contributed by atoms with van der Waals surface area (Å²) < 4.78 is 5.60. The Labute approximate surface area is 195 Å². The quantitative estimate of drug-likeness (QED) is 0.330. The van der Waals surface area contributed by atoms with Crippen LogP contribution in [-0.4, -0.2) is 19.2 Å². The predicted octanol–water partition coefficient (Wildman–Crippen LogP) is 7.42. The van der Waals surface area contributed by atoms with Gasteiger partial charge >= 0.3 is 6.09 Å². The third-order valence-corrected chi connectivity index (χ3v) is 6.98. The lowest BCUT2D eigenvalue weighted by Gasteiger charge is -2.14. The minimum absolute atomic E-state index is 0.0880. The first-order valence-corrected chi connectivity index (χ1v) is 12.5. The molecule has 0 saturated carbocycles. The lowest BCUT2D eigenvalue weighted by Crippen LogP contribution is -2.26. The third kappa shape index (κ3) is 5.31. The van der Waals surface area contributed by atoms with Crippen molar-refractivity contribution in [1.82, 2.24) is 5.32 Å². The summed E-state index contributed by atoms with van der Waals surface area (Å²) in [5.74, 6) is 0.0880. The standard InChI is InChI=1S/C28H31NO2S/c1-2-3-4-5-11-21-17-19-32-27(21)16-10-18-29-28(30)31-20-26-24-14-8-6-12-22(24)23-13-7-9-15-25(23)26/h6-10,12-17,19,26H,2-5,11,18,20H2,1H3,(H,29,30). The molecule has 0 spiro atoms. The molecule has 3 nitrogen and oxygen atoms in total. The molecule has 0 aliphatic heterocycles. The van der Waals surface area contributed by atoms with Crippen LogP contribution in [0.25, 0.3) is 17.2 Å². The van der Waals surface area contributed by atoms with Crippen molar-refractivity contribution in [3.05, 3.63) is 87.6 Å². The zero-order valence-corrected chi connectivity index (χ0v) is 19.5. The van der Waals surface area contributed by atoms with Crippen LogP contribution in [0.15, 0.2) is 66.1 Å². The van der Waals surface area contributed by atoms with Crippen LogP contribution in [0.2, 0.25) is 0 Å². The van der Waals surface area contributed by atoms with Crippen LogP contribution < -0.4 is 5.32 Å². The number of fused-ring (bicyclic) bond motifs is 3. The summed E-state index contributed by atoms with van der Waals surface area (Å²) in [5, 5.41) is 5.00. The van der Waals surface area contributed by atoms with Crippen molar-refractivity contribution in [3.63, 3.8) is 0 Å². The number of amides is 1. The Balaban J connectivity index is 1.26. The molecule has 0 radical (unpaired) electrons. The Bertz CT molecular complexity index is 1020. The largest absolute Gasteiger partial charge is 0.449 e. The van der Waals surface area contributed by atoms with Crippen LogP contribution in [-0.2, 0) is 11.2 Å². The van der Waals surface area contributed by atoms with E-state index in [2.05, 4.69) is 66.2 Å². The first-order chi connectivity index (χ1) is 15.8. The van der Waals surface area contributed by atoms with Gasteiger partial charge < -0.3 is 10.1 Å². The average molecular weight is 446 g/mol. The van der Waals surface area contributed by atoms with Crippen LogP contribution in [0.5, 0.6) is 0 Å². The van der Waals surface area contributed by atoms with Gasteiger partial charge in [0.25, 0.3) is 0 Å². The SMILES string of the molecule is CCCCCCc1ccsc1C=CCNC(=O)OCC1c2ccccc2-c2ccccc21. The molecule has 3 aromatic rings. The molecule has 1 aromatic heterocycles. The normalized spacial score (nSPS) is 12.7. The van der Waals surface area contributed by atoms with E-state index in [0.717, 1.165) is 6.42 Å². The molecule has 0 atom stereocenters. The van der Waals surface area contributed by atoms with Crippen molar-refractivity contribution in [3.8, 4) is 11.1 Å². The van der Waals surface area contributed by atoms with E-state index in [9.17, 15) is 4.79 Å². The molecule has 1 aliphatic rings. The molecule has 1 heterocycles. The van der Waals surface area contributed by atoms with E-state index >= 15 is 0 Å². The van der Waals surface area contributed by atoms with Gasteiger partial charge in [-0.2, -0.15) is 0 Å². The Morgan fingerprint density at radius 3 is 2.44 bits per heavy atom. The number of rotatable bonds is 10. The Morgan fingerprint density at radius 2 is 1.72 bits per heavy atom. The van der Waals surface area contributed by atoms with Gasteiger partial charge in [0.2, 0.25) is 0 Å². The van der Waals surface area contributed by atoms with Crippen molar-refractivity contribution in [2.45, 2.75) is 44.9 Å². The van der Waals surface area contributed by atoms with Gasteiger partial charge in [0, 0.05) is 17.3 Å². The highest BCUT2D eigenvalue weighted by atomic mass is 32.1. The second kappa shape index (κ2) is 11.1. The number of carbonyl (C=O) groups is 1. The molecule has 4 rings (SSSR count). The lowest BCUT2D eigenvalue weighted by atomic mass is 9.98. The second-order valence-corrected chi connectivity index (χ2v) is 9.18. The number of nitrogens with one attached hydrogen (secondary N) is 1. The Morgan fingerprint density at radius 1 is 1.00 bits per heavy atom. The number of alkyl carbamates (subject to hydrolysis) is 1. The molecule has 0 fully saturated rings. The summed E-state index contributed by atoms with van der Waals surface area (Å²) in [6, 6.07) is 19.0. The smallest absolute Gasteiger partial charge is 0.407 e. The van der Waals surface area contributed by atoms with Gasteiger partial charge in [-0.05, 0) is 58.2 Å². The summed E-state index contributed by atoms with van der Waals surface area (Å²) >= 11 is 1.76. The van der Waals surface area contributed by atoms with Crippen LogP contribution in [0, 0.1) is 0 Å². The molecular formula is C28H31NO2S. The number of ether oxygens (including phenoxy) is 1. The molecule has 1 N–H and O–H groups in total. The fourth-order valence-corrected chi connectivity index (χ4v) is 5.28. The number of hydrogen-bond acceptors (Lipinski definition) is 3. The van der Waals surface area contributed by atoms with E-state index in [0.29, 0.717) is 13.2 Å². The van der Waals surface area contributed by atoms with E-state index in [-0.39, 0.29) is 12.0 Å². The van der Waals surface area contributed by atoms with Gasteiger partial charge in [-0.15, -0.1) is 11.3 Å². The lowest BCUT2D eigenvalue weighted by molar-refractivity contribution is 0.144. The van der Waals surface area contributed by atoms with Gasteiger partial charge in [-0.1, -0.05) is 80.8 Å². The van der Waals surface area contributed by atoms with Gasteiger partial charge in [-0.25, -0.2) is 4.79 Å². The number of carbonyl (C=O) groups excluding carboxylic acids is 1. The average Bonchev–Trinajstić information content (AvgIpc) is 3.40. The van der Waals surface area contributed by atoms with Crippen LogP contribution in [0.1, 0.15) is 60.1 Å². The second-order valence-electron chi connectivity index (χ2n) is 8.23. The van der Waals surface area contributed by atoms with Crippen LogP contribution >= 0.6 is 11.3 Å². The number of hydrogen-bond donors (Lipinski definition) is 1. The third-order valence-electron chi connectivity index (χ3n) is 6.06. The van der Waals surface area contributed by atoms with E-state index in [1.165, 1.54) is 58.4 Å². The fourth-order valence-electron chi connectivity index (χ4n) is 4.40. The molecule has 4 heteroatoms. The molecule has 32 heavy (non-hydrogen) atoms. The number of benzene rings is 2. The number of unbranched alkanes of at least 4 members (excludes halogenated alkanes) is 3. The van der Waals surface area contributed by atoms with Crippen molar-refractivity contribution in [2.24, 2.45) is 0 Å². The van der Waals surface area contributed by atoms with Gasteiger partial charge in [-0.3, -0.25) is 0 Å². The summed E-state index contributed by atoms with van der Waals surface area (Å²) in [5.41, 5.74) is 6.34. The molecule has 166 valence electrons. The molecule has 2 aromatic carbocycles. The molecule has 0 bridgehead atoms. The highest BCUT2D eigenvalue weighted by Crippen LogP contribution is 2.44. The Hall–Kier alpha value is -2.85. The van der Waals surface area contributed by atoms with Gasteiger partial charge in [0.1, 0.15) is 6.61 Å². The molecule has 1 amide bonds. The Kier molecular flexibility index (Phi) is 7.78.